The lowest BCUT2D eigenvalue weighted by atomic mass is 9.97. The maximum Gasteiger partial charge on any atom is 0.0701 e. The van der Waals surface area contributed by atoms with Crippen molar-refractivity contribution in [3.8, 4) is 0 Å². The van der Waals surface area contributed by atoms with Crippen molar-refractivity contribution in [3.05, 3.63) is 20.8 Å². The third-order valence-corrected chi connectivity index (χ3v) is 4.50. The molecule has 0 radical (unpaired) electrons. The summed E-state index contributed by atoms with van der Waals surface area (Å²) in [7, 11) is 0. The molecule has 0 aliphatic rings. The summed E-state index contributed by atoms with van der Waals surface area (Å²) in [4.78, 5) is 1.30. The number of aliphatic hydroxyl groups excluding tert-OH is 1. The lowest BCUT2D eigenvalue weighted by Gasteiger charge is -2.20. The number of aliphatic hydroxyl groups is 1. The van der Waals surface area contributed by atoms with Crippen molar-refractivity contribution in [2.45, 2.75) is 44.8 Å². The molecule has 1 aromatic rings. The highest BCUT2D eigenvalue weighted by Crippen LogP contribution is 2.31. The van der Waals surface area contributed by atoms with Gasteiger partial charge in [-0.2, -0.15) is 0 Å². The van der Waals surface area contributed by atoms with E-state index in [0.29, 0.717) is 5.92 Å². The minimum absolute atomic E-state index is 0.101. The Morgan fingerprint density at radius 3 is 2.67 bits per heavy atom. The van der Waals surface area contributed by atoms with Gasteiger partial charge in [-0.15, -0.1) is 11.3 Å². The molecule has 3 N–H and O–H groups in total. The van der Waals surface area contributed by atoms with Crippen LogP contribution in [0.1, 0.15) is 37.5 Å². The highest BCUT2D eigenvalue weighted by atomic mass is 79.9. The van der Waals surface area contributed by atoms with Crippen LogP contribution in [0.4, 0.5) is 0 Å². The first-order valence-corrected chi connectivity index (χ1v) is 6.84. The smallest absolute Gasteiger partial charge is 0.0701 e. The first-order valence-electron chi connectivity index (χ1n) is 5.23. The van der Waals surface area contributed by atoms with E-state index in [2.05, 4.69) is 28.9 Å². The summed E-state index contributed by atoms with van der Waals surface area (Å²) < 4.78 is 1.14. The maximum absolute atomic E-state index is 9.82. The molecular formula is C11H18BrNOS. The van der Waals surface area contributed by atoms with E-state index >= 15 is 0 Å². The lowest BCUT2D eigenvalue weighted by molar-refractivity contribution is 0.127. The lowest BCUT2D eigenvalue weighted by Crippen LogP contribution is -2.34. The van der Waals surface area contributed by atoms with Gasteiger partial charge >= 0.3 is 0 Å². The SMILES string of the molecule is CCC(N)C(O)CC(C)c1ccc(Br)s1. The van der Waals surface area contributed by atoms with Gasteiger partial charge in [0.05, 0.1) is 9.89 Å². The van der Waals surface area contributed by atoms with Crippen LogP contribution in [0.2, 0.25) is 0 Å². The van der Waals surface area contributed by atoms with Crippen molar-refractivity contribution in [2.24, 2.45) is 5.73 Å². The Bertz CT molecular complexity index is 303. The number of rotatable bonds is 5. The Hall–Kier alpha value is 0.1000. The zero-order valence-electron chi connectivity index (χ0n) is 9.11. The molecule has 0 bridgehead atoms. The van der Waals surface area contributed by atoms with Gasteiger partial charge in [0, 0.05) is 10.9 Å². The summed E-state index contributed by atoms with van der Waals surface area (Å²) in [5.41, 5.74) is 5.79. The van der Waals surface area contributed by atoms with Gasteiger partial charge in [0.25, 0.3) is 0 Å². The Morgan fingerprint density at radius 1 is 1.53 bits per heavy atom. The number of thiophene rings is 1. The van der Waals surface area contributed by atoms with Gasteiger partial charge < -0.3 is 10.8 Å². The second-order valence-corrected chi connectivity index (χ2v) is 6.41. The molecule has 0 aliphatic heterocycles. The molecule has 0 fully saturated rings. The normalized spacial score (nSPS) is 17.4. The first kappa shape index (κ1) is 13.2. The van der Waals surface area contributed by atoms with Crippen LogP contribution in [-0.2, 0) is 0 Å². The molecule has 3 unspecified atom stereocenters. The van der Waals surface area contributed by atoms with Crippen molar-refractivity contribution in [3.63, 3.8) is 0 Å². The van der Waals surface area contributed by atoms with Gasteiger partial charge in [0.15, 0.2) is 0 Å². The molecule has 0 spiro atoms. The van der Waals surface area contributed by atoms with E-state index in [1.54, 1.807) is 11.3 Å². The summed E-state index contributed by atoms with van der Waals surface area (Å²) in [6.45, 7) is 4.13. The van der Waals surface area contributed by atoms with Crippen LogP contribution < -0.4 is 5.73 Å². The summed E-state index contributed by atoms with van der Waals surface area (Å²) in [6, 6.07) is 4.04. The topological polar surface area (TPSA) is 46.2 Å². The van der Waals surface area contributed by atoms with Crippen molar-refractivity contribution >= 4 is 27.3 Å². The van der Waals surface area contributed by atoms with E-state index in [-0.39, 0.29) is 6.04 Å². The monoisotopic (exact) mass is 291 g/mol. The van der Waals surface area contributed by atoms with Crippen molar-refractivity contribution in [2.75, 3.05) is 0 Å². The Balaban J connectivity index is 2.52. The minimum Gasteiger partial charge on any atom is -0.391 e. The molecule has 0 saturated heterocycles. The van der Waals surface area contributed by atoms with E-state index in [0.717, 1.165) is 16.6 Å². The van der Waals surface area contributed by atoms with Gasteiger partial charge in [0.2, 0.25) is 0 Å². The standard InChI is InChI=1S/C11H18BrNOS/c1-3-8(13)9(14)6-7(2)10-4-5-11(12)15-10/h4-5,7-9,14H,3,6,13H2,1-2H3. The number of hydrogen-bond donors (Lipinski definition) is 2. The Kier molecular flexibility index (Phi) is 5.26. The van der Waals surface area contributed by atoms with E-state index in [4.69, 9.17) is 5.73 Å². The maximum atomic E-state index is 9.82. The average Bonchev–Trinajstić information content (AvgIpc) is 2.63. The number of hydrogen-bond acceptors (Lipinski definition) is 3. The number of halogens is 1. The molecule has 3 atom stereocenters. The molecule has 1 aromatic heterocycles. The van der Waals surface area contributed by atoms with Gasteiger partial charge in [-0.25, -0.2) is 0 Å². The molecule has 4 heteroatoms. The van der Waals surface area contributed by atoms with Gasteiger partial charge in [-0.3, -0.25) is 0 Å². The molecule has 1 heterocycles. The van der Waals surface area contributed by atoms with Crippen LogP contribution in [0.15, 0.2) is 15.9 Å². The highest BCUT2D eigenvalue weighted by molar-refractivity contribution is 9.11. The summed E-state index contributed by atoms with van der Waals surface area (Å²) >= 11 is 5.16. The molecule has 86 valence electrons. The average molecular weight is 292 g/mol. The third-order valence-electron chi connectivity index (χ3n) is 2.64. The molecular weight excluding hydrogens is 274 g/mol. The molecule has 1 rings (SSSR count). The molecule has 0 aromatic carbocycles. The molecule has 0 saturated carbocycles. The molecule has 15 heavy (non-hydrogen) atoms. The predicted octanol–water partition coefficient (Wildman–Crippen LogP) is 3.10. The summed E-state index contributed by atoms with van der Waals surface area (Å²) in [5, 5.41) is 9.82. The largest absolute Gasteiger partial charge is 0.391 e. The van der Waals surface area contributed by atoms with Crippen LogP contribution >= 0.6 is 27.3 Å². The zero-order valence-corrected chi connectivity index (χ0v) is 11.5. The fourth-order valence-corrected chi connectivity index (χ4v) is 3.01. The van der Waals surface area contributed by atoms with E-state index in [1.807, 2.05) is 13.0 Å². The fourth-order valence-electron chi connectivity index (χ4n) is 1.52. The van der Waals surface area contributed by atoms with E-state index in [1.165, 1.54) is 4.88 Å². The van der Waals surface area contributed by atoms with Crippen LogP contribution in [0.3, 0.4) is 0 Å². The van der Waals surface area contributed by atoms with Crippen molar-refractivity contribution in [1.82, 2.24) is 0 Å². The second kappa shape index (κ2) is 5.99. The predicted molar refractivity (Wildman–Crippen MR) is 69.3 cm³/mol. The highest BCUT2D eigenvalue weighted by Gasteiger charge is 2.18. The van der Waals surface area contributed by atoms with Crippen molar-refractivity contribution in [1.29, 1.82) is 0 Å². The van der Waals surface area contributed by atoms with Crippen LogP contribution in [-0.4, -0.2) is 17.3 Å². The summed E-state index contributed by atoms with van der Waals surface area (Å²) in [6.07, 6.45) is 1.16. The van der Waals surface area contributed by atoms with E-state index < -0.39 is 6.10 Å². The zero-order chi connectivity index (χ0) is 11.4. The third kappa shape index (κ3) is 3.87. The molecule has 0 amide bonds. The van der Waals surface area contributed by atoms with Crippen LogP contribution in [0.5, 0.6) is 0 Å². The first-order chi connectivity index (χ1) is 7.04. The van der Waals surface area contributed by atoms with Gasteiger partial charge in [-0.1, -0.05) is 13.8 Å². The van der Waals surface area contributed by atoms with Crippen molar-refractivity contribution < 1.29 is 5.11 Å². The quantitative estimate of drug-likeness (QED) is 0.876. The van der Waals surface area contributed by atoms with Crippen LogP contribution in [0.25, 0.3) is 0 Å². The Labute approximate surface area is 104 Å². The molecule has 0 aliphatic carbocycles. The molecule has 2 nitrogen and oxygen atoms in total. The minimum atomic E-state index is -0.397. The number of nitrogens with two attached hydrogens (primary N) is 1. The van der Waals surface area contributed by atoms with E-state index in [9.17, 15) is 5.11 Å². The van der Waals surface area contributed by atoms with Crippen LogP contribution in [0, 0.1) is 0 Å². The van der Waals surface area contributed by atoms with Gasteiger partial charge in [0.1, 0.15) is 0 Å². The second-order valence-electron chi connectivity index (χ2n) is 3.92. The van der Waals surface area contributed by atoms with Gasteiger partial charge in [-0.05, 0) is 46.8 Å². The fraction of sp³-hybridized carbons (Fsp3) is 0.636. The Morgan fingerprint density at radius 2 is 2.20 bits per heavy atom. The summed E-state index contributed by atoms with van der Waals surface area (Å²) in [5.74, 6) is 0.369.